The van der Waals surface area contributed by atoms with E-state index in [1.807, 2.05) is 0 Å². The van der Waals surface area contributed by atoms with E-state index in [9.17, 15) is 0 Å². The van der Waals surface area contributed by atoms with Gasteiger partial charge in [-0.3, -0.25) is 4.90 Å². The monoisotopic (exact) mass is 216 g/mol. The molecule has 0 fully saturated rings. The maximum Gasteiger partial charge on any atom is 0.0635 e. The first-order chi connectivity index (χ1) is 7.63. The van der Waals surface area contributed by atoms with Crippen molar-refractivity contribution < 1.29 is 0 Å². The molecule has 0 unspecified atom stereocenters. The van der Waals surface area contributed by atoms with Gasteiger partial charge in [-0.2, -0.15) is 5.26 Å². The third-order valence-electron chi connectivity index (χ3n) is 2.75. The Labute approximate surface area is 98.5 Å². The minimum Gasteiger partial charge on any atom is -0.296 e. The number of aryl methyl sites for hydroxylation is 1. The molecule has 0 spiro atoms. The maximum absolute atomic E-state index is 8.62. The molecule has 0 bridgehead atoms. The summed E-state index contributed by atoms with van der Waals surface area (Å²) in [6.07, 6.45) is 0.601. The van der Waals surface area contributed by atoms with Gasteiger partial charge in [-0.1, -0.05) is 29.8 Å². The molecule has 1 rings (SSSR count). The van der Waals surface area contributed by atoms with Gasteiger partial charge in [-0.25, -0.2) is 0 Å². The summed E-state index contributed by atoms with van der Waals surface area (Å²) >= 11 is 0. The van der Waals surface area contributed by atoms with E-state index in [2.05, 4.69) is 56.0 Å². The van der Waals surface area contributed by atoms with Crippen LogP contribution in [0.3, 0.4) is 0 Å². The summed E-state index contributed by atoms with van der Waals surface area (Å²) < 4.78 is 0. The topological polar surface area (TPSA) is 27.0 Å². The van der Waals surface area contributed by atoms with Crippen LogP contribution in [0.4, 0.5) is 0 Å². The fourth-order valence-electron chi connectivity index (χ4n) is 1.64. The van der Waals surface area contributed by atoms with Crippen LogP contribution in [0.1, 0.15) is 31.4 Å². The van der Waals surface area contributed by atoms with E-state index in [0.717, 1.165) is 13.1 Å². The molecule has 1 aromatic carbocycles. The summed E-state index contributed by atoms with van der Waals surface area (Å²) in [6.45, 7) is 8.22. The second-order valence-corrected chi connectivity index (χ2v) is 4.46. The van der Waals surface area contributed by atoms with Gasteiger partial charge in [0.2, 0.25) is 0 Å². The lowest BCUT2D eigenvalue weighted by Crippen LogP contribution is -2.31. The SMILES string of the molecule is Cc1ccc(CN(CCC#N)C(C)C)cc1. The zero-order valence-electron chi connectivity index (χ0n) is 10.4. The highest BCUT2D eigenvalue weighted by Gasteiger charge is 2.09. The molecule has 0 aliphatic rings. The first-order valence-electron chi connectivity index (χ1n) is 5.80. The molecular weight excluding hydrogens is 196 g/mol. The molecule has 2 heteroatoms. The van der Waals surface area contributed by atoms with Crippen molar-refractivity contribution in [1.29, 1.82) is 5.26 Å². The lowest BCUT2D eigenvalue weighted by molar-refractivity contribution is 0.218. The van der Waals surface area contributed by atoms with Gasteiger partial charge in [-0.05, 0) is 26.3 Å². The Kier molecular flexibility index (Phi) is 5.01. The Morgan fingerprint density at radius 2 is 1.88 bits per heavy atom. The van der Waals surface area contributed by atoms with E-state index in [0.29, 0.717) is 12.5 Å². The third-order valence-corrected chi connectivity index (χ3v) is 2.75. The van der Waals surface area contributed by atoms with Crippen LogP contribution >= 0.6 is 0 Å². The van der Waals surface area contributed by atoms with E-state index in [1.54, 1.807) is 0 Å². The number of hydrogen-bond acceptors (Lipinski definition) is 2. The predicted molar refractivity (Wildman–Crippen MR) is 67.0 cm³/mol. The van der Waals surface area contributed by atoms with Crippen LogP contribution in [-0.2, 0) is 6.54 Å². The lowest BCUT2D eigenvalue weighted by Gasteiger charge is -2.25. The van der Waals surface area contributed by atoms with Crippen molar-refractivity contribution in [3.05, 3.63) is 35.4 Å². The number of hydrogen-bond donors (Lipinski definition) is 0. The molecule has 2 nitrogen and oxygen atoms in total. The smallest absolute Gasteiger partial charge is 0.0635 e. The van der Waals surface area contributed by atoms with Crippen LogP contribution in [0.2, 0.25) is 0 Å². The van der Waals surface area contributed by atoms with Gasteiger partial charge >= 0.3 is 0 Å². The van der Waals surface area contributed by atoms with Gasteiger partial charge in [-0.15, -0.1) is 0 Å². The van der Waals surface area contributed by atoms with Crippen molar-refractivity contribution >= 4 is 0 Å². The van der Waals surface area contributed by atoms with E-state index < -0.39 is 0 Å². The van der Waals surface area contributed by atoms with Crippen LogP contribution in [0.25, 0.3) is 0 Å². The summed E-state index contributed by atoms with van der Waals surface area (Å²) in [5, 5.41) is 8.62. The summed E-state index contributed by atoms with van der Waals surface area (Å²) in [5.41, 5.74) is 2.61. The van der Waals surface area contributed by atoms with Crippen molar-refractivity contribution in [2.24, 2.45) is 0 Å². The van der Waals surface area contributed by atoms with E-state index in [4.69, 9.17) is 5.26 Å². The Bertz CT molecular complexity index is 346. The number of nitrogens with zero attached hydrogens (tertiary/aromatic N) is 2. The molecule has 0 saturated heterocycles. The highest BCUT2D eigenvalue weighted by Crippen LogP contribution is 2.10. The van der Waals surface area contributed by atoms with E-state index in [1.165, 1.54) is 11.1 Å². The second-order valence-electron chi connectivity index (χ2n) is 4.46. The molecule has 0 N–H and O–H groups in total. The molecule has 0 aliphatic heterocycles. The average molecular weight is 216 g/mol. The zero-order chi connectivity index (χ0) is 12.0. The van der Waals surface area contributed by atoms with Gasteiger partial charge < -0.3 is 0 Å². The van der Waals surface area contributed by atoms with Crippen molar-refractivity contribution in [3.8, 4) is 6.07 Å². The fraction of sp³-hybridized carbons (Fsp3) is 0.500. The average Bonchev–Trinajstić information content (AvgIpc) is 2.26. The highest BCUT2D eigenvalue weighted by molar-refractivity contribution is 5.21. The van der Waals surface area contributed by atoms with E-state index in [-0.39, 0.29) is 0 Å². The summed E-state index contributed by atoms with van der Waals surface area (Å²) in [5.74, 6) is 0. The fourth-order valence-corrected chi connectivity index (χ4v) is 1.64. The van der Waals surface area contributed by atoms with Crippen LogP contribution < -0.4 is 0 Å². The van der Waals surface area contributed by atoms with Crippen molar-refractivity contribution in [2.45, 2.75) is 39.8 Å². The Hall–Kier alpha value is -1.33. The molecule has 0 radical (unpaired) electrons. The minimum atomic E-state index is 0.481. The van der Waals surface area contributed by atoms with Gasteiger partial charge in [0.15, 0.2) is 0 Å². The highest BCUT2D eigenvalue weighted by atomic mass is 15.1. The summed E-state index contributed by atoms with van der Waals surface area (Å²) in [4.78, 5) is 2.33. The normalized spacial score (nSPS) is 10.8. The number of nitriles is 1. The van der Waals surface area contributed by atoms with Gasteiger partial charge in [0.1, 0.15) is 0 Å². The van der Waals surface area contributed by atoms with Crippen molar-refractivity contribution in [2.75, 3.05) is 6.54 Å². The molecule has 86 valence electrons. The molecular formula is C14H20N2. The number of rotatable bonds is 5. The van der Waals surface area contributed by atoms with Crippen LogP contribution in [-0.4, -0.2) is 17.5 Å². The van der Waals surface area contributed by atoms with Crippen LogP contribution in [0, 0.1) is 18.3 Å². The van der Waals surface area contributed by atoms with Crippen LogP contribution in [0.5, 0.6) is 0 Å². The molecule has 0 heterocycles. The van der Waals surface area contributed by atoms with Gasteiger partial charge in [0, 0.05) is 25.6 Å². The Morgan fingerprint density at radius 3 is 2.38 bits per heavy atom. The molecule has 1 aromatic rings. The zero-order valence-corrected chi connectivity index (χ0v) is 10.4. The first kappa shape index (κ1) is 12.7. The molecule has 0 amide bonds. The van der Waals surface area contributed by atoms with Gasteiger partial charge in [0.05, 0.1) is 6.07 Å². The van der Waals surface area contributed by atoms with Crippen LogP contribution in [0.15, 0.2) is 24.3 Å². The largest absolute Gasteiger partial charge is 0.296 e. The Morgan fingerprint density at radius 1 is 1.25 bits per heavy atom. The quantitative estimate of drug-likeness (QED) is 0.756. The molecule has 0 atom stereocenters. The molecule has 0 aliphatic carbocycles. The number of benzene rings is 1. The second kappa shape index (κ2) is 6.30. The third kappa shape index (κ3) is 4.04. The molecule has 16 heavy (non-hydrogen) atoms. The van der Waals surface area contributed by atoms with Crippen molar-refractivity contribution in [1.82, 2.24) is 4.90 Å². The Balaban J connectivity index is 2.61. The molecule has 0 aromatic heterocycles. The summed E-state index contributed by atoms with van der Waals surface area (Å²) in [6, 6.07) is 11.3. The standard InChI is InChI=1S/C14H20N2/c1-12(2)16(10-4-9-15)11-14-7-5-13(3)6-8-14/h5-8,12H,4,10-11H2,1-3H3. The predicted octanol–water partition coefficient (Wildman–Crippen LogP) is 3.12. The summed E-state index contributed by atoms with van der Waals surface area (Å²) in [7, 11) is 0. The lowest BCUT2D eigenvalue weighted by atomic mass is 10.1. The van der Waals surface area contributed by atoms with E-state index >= 15 is 0 Å². The minimum absolute atomic E-state index is 0.481. The maximum atomic E-state index is 8.62. The van der Waals surface area contributed by atoms with Crippen molar-refractivity contribution in [3.63, 3.8) is 0 Å². The first-order valence-corrected chi connectivity index (χ1v) is 5.80. The molecule has 0 saturated carbocycles. The van der Waals surface area contributed by atoms with Gasteiger partial charge in [0.25, 0.3) is 0 Å².